The van der Waals surface area contributed by atoms with Gasteiger partial charge < -0.3 is 24.2 Å². The van der Waals surface area contributed by atoms with E-state index in [0.29, 0.717) is 26.1 Å². The molecule has 2 aromatic carbocycles. The number of anilines is 1. The third-order valence-electron chi connectivity index (χ3n) is 6.55. The summed E-state index contributed by atoms with van der Waals surface area (Å²) in [4.78, 5) is 31.7. The average Bonchev–Trinajstić information content (AvgIpc) is 2.89. The highest BCUT2D eigenvalue weighted by Crippen LogP contribution is 2.24. The Labute approximate surface area is 195 Å². The van der Waals surface area contributed by atoms with Crippen LogP contribution in [0.1, 0.15) is 19.3 Å². The van der Waals surface area contributed by atoms with Crippen molar-refractivity contribution in [1.29, 1.82) is 0 Å². The van der Waals surface area contributed by atoms with E-state index < -0.39 is 0 Å². The summed E-state index contributed by atoms with van der Waals surface area (Å²) in [6, 6.07) is 17.6. The first-order valence-corrected chi connectivity index (χ1v) is 11.8. The maximum Gasteiger partial charge on any atom is 0.225 e. The Morgan fingerprint density at radius 1 is 0.818 bits per heavy atom. The Balaban J connectivity index is 1.17. The first-order valence-electron chi connectivity index (χ1n) is 11.8. The predicted molar refractivity (Wildman–Crippen MR) is 128 cm³/mol. The number of likely N-dealkylation sites (tertiary alicyclic amines) is 1. The van der Waals surface area contributed by atoms with Gasteiger partial charge in [-0.3, -0.25) is 9.59 Å². The van der Waals surface area contributed by atoms with E-state index in [9.17, 15) is 9.59 Å². The molecule has 2 amide bonds. The number of methoxy groups -OCH3 is 1. The molecule has 4 rings (SSSR count). The molecule has 0 unspecified atom stereocenters. The van der Waals surface area contributed by atoms with Gasteiger partial charge in [-0.2, -0.15) is 0 Å². The molecule has 176 valence electrons. The summed E-state index contributed by atoms with van der Waals surface area (Å²) in [5, 5.41) is 0. The van der Waals surface area contributed by atoms with Crippen LogP contribution in [0.15, 0.2) is 54.6 Å². The molecule has 0 aromatic heterocycles. The molecule has 0 N–H and O–H groups in total. The SMILES string of the molecule is COc1ccc(N2CCN(C(=O)C3CCN(C(=O)CCOc4ccccc4)CC3)CC2)cc1. The molecule has 0 radical (unpaired) electrons. The van der Waals surface area contributed by atoms with E-state index in [1.807, 2.05) is 52.3 Å². The Kier molecular flexibility index (Phi) is 7.70. The van der Waals surface area contributed by atoms with E-state index in [-0.39, 0.29) is 17.7 Å². The van der Waals surface area contributed by atoms with E-state index in [1.54, 1.807) is 7.11 Å². The summed E-state index contributed by atoms with van der Waals surface area (Å²) in [6.45, 7) is 4.80. The molecule has 2 fully saturated rings. The predicted octanol–water partition coefficient (Wildman–Crippen LogP) is 3.05. The van der Waals surface area contributed by atoms with Crippen LogP contribution in [0.2, 0.25) is 0 Å². The zero-order chi connectivity index (χ0) is 23.0. The molecule has 0 spiro atoms. The van der Waals surface area contributed by atoms with Gasteiger partial charge in [0.15, 0.2) is 0 Å². The van der Waals surface area contributed by atoms with Crippen LogP contribution >= 0.6 is 0 Å². The van der Waals surface area contributed by atoms with Gasteiger partial charge in [-0.05, 0) is 49.2 Å². The van der Waals surface area contributed by atoms with Crippen molar-refractivity contribution >= 4 is 17.5 Å². The highest BCUT2D eigenvalue weighted by Gasteiger charge is 2.31. The number of hydrogen-bond acceptors (Lipinski definition) is 5. The van der Waals surface area contributed by atoms with Crippen LogP contribution in [0.3, 0.4) is 0 Å². The number of rotatable bonds is 7. The lowest BCUT2D eigenvalue weighted by Crippen LogP contribution is -2.52. The van der Waals surface area contributed by atoms with Gasteiger partial charge in [0.1, 0.15) is 11.5 Å². The van der Waals surface area contributed by atoms with Crippen LogP contribution in [0.25, 0.3) is 0 Å². The summed E-state index contributed by atoms with van der Waals surface area (Å²) in [5.74, 6) is 1.98. The Morgan fingerprint density at radius 3 is 2.12 bits per heavy atom. The zero-order valence-electron chi connectivity index (χ0n) is 19.3. The minimum absolute atomic E-state index is 0.0159. The van der Waals surface area contributed by atoms with E-state index in [2.05, 4.69) is 17.0 Å². The van der Waals surface area contributed by atoms with E-state index in [4.69, 9.17) is 9.47 Å². The third-order valence-corrected chi connectivity index (χ3v) is 6.55. The quantitative estimate of drug-likeness (QED) is 0.648. The smallest absolute Gasteiger partial charge is 0.225 e. The molecule has 0 aliphatic carbocycles. The van der Waals surface area contributed by atoms with Gasteiger partial charge in [0.25, 0.3) is 0 Å². The van der Waals surface area contributed by atoms with E-state index in [1.165, 1.54) is 0 Å². The summed E-state index contributed by atoms with van der Waals surface area (Å²) in [7, 11) is 1.67. The van der Waals surface area contributed by atoms with Gasteiger partial charge in [0.05, 0.1) is 20.1 Å². The van der Waals surface area contributed by atoms with Crippen LogP contribution in [0, 0.1) is 5.92 Å². The number of amides is 2. The fraction of sp³-hybridized carbons (Fsp3) is 0.462. The lowest BCUT2D eigenvalue weighted by atomic mass is 9.94. The maximum atomic E-state index is 13.1. The molecule has 7 nitrogen and oxygen atoms in total. The summed E-state index contributed by atoms with van der Waals surface area (Å²) in [5.41, 5.74) is 1.16. The standard InChI is InChI=1S/C26H33N3O4/c1-32-23-9-7-22(8-10-23)27-16-18-29(19-17-27)26(31)21-11-14-28(15-12-21)25(30)13-20-33-24-5-3-2-4-6-24/h2-10,21H,11-20H2,1H3. The van der Waals surface area contributed by atoms with Crippen molar-refractivity contribution in [2.24, 2.45) is 5.92 Å². The number of piperazine rings is 1. The summed E-state index contributed by atoms with van der Waals surface area (Å²) < 4.78 is 10.9. The van der Waals surface area contributed by atoms with Crippen LogP contribution in [0.5, 0.6) is 11.5 Å². The molecular formula is C26H33N3O4. The number of para-hydroxylation sites is 1. The number of piperidine rings is 1. The first-order chi connectivity index (χ1) is 16.1. The van der Waals surface area contributed by atoms with Crippen molar-refractivity contribution in [2.75, 3.05) is 57.9 Å². The van der Waals surface area contributed by atoms with E-state index >= 15 is 0 Å². The number of ether oxygens (including phenoxy) is 2. The molecule has 0 saturated carbocycles. The van der Waals surface area contributed by atoms with Gasteiger partial charge in [0, 0.05) is 50.9 Å². The Hall–Kier alpha value is -3.22. The van der Waals surface area contributed by atoms with E-state index in [0.717, 1.165) is 56.2 Å². The van der Waals surface area contributed by atoms with Crippen LogP contribution < -0.4 is 14.4 Å². The lowest BCUT2D eigenvalue weighted by molar-refractivity contribution is -0.141. The number of nitrogens with zero attached hydrogens (tertiary/aromatic N) is 3. The second kappa shape index (κ2) is 11.1. The highest BCUT2D eigenvalue weighted by molar-refractivity contribution is 5.80. The fourth-order valence-electron chi connectivity index (χ4n) is 4.54. The minimum atomic E-state index is 0.0159. The second-order valence-corrected chi connectivity index (χ2v) is 8.58. The second-order valence-electron chi connectivity index (χ2n) is 8.58. The van der Waals surface area contributed by atoms with Crippen molar-refractivity contribution in [3.8, 4) is 11.5 Å². The summed E-state index contributed by atoms with van der Waals surface area (Å²) in [6.07, 6.45) is 1.84. The van der Waals surface area contributed by atoms with Crippen molar-refractivity contribution in [2.45, 2.75) is 19.3 Å². The lowest BCUT2D eigenvalue weighted by Gasteiger charge is -2.39. The van der Waals surface area contributed by atoms with Gasteiger partial charge in [-0.25, -0.2) is 0 Å². The van der Waals surface area contributed by atoms with Crippen molar-refractivity contribution in [3.05, 3.63) is 54.6 Å². The van der Waals surface area contributed by atoms with Crippen molar-refractivity contribution in [1.82, 2.24) is 9.80 Å². The normalized spacial score (nSPS) is 17.1. The van der Waals surface area contributed by atoms with Crippen LogP contribution in [-0.4, -0.2) is 74.6 Å². The van der Waals surface area contributed by atoms with Crippen LogP contribution in [0.4, 0.5) is 5.69 Å². The molecule has 7 heteroatoms. The Morgan fingerprint density at radius 2 is 1.48 bits per heavy atom. The molecule has 0 bridgehead atoms. The van der Waals surface area contributed by atoms with Gasteiger partial charge in [-0.1, -0.05) is 18.2 Å². The number of hydrogen-bond donors (Lipinski definition) is 0. The molecule has 2 aliphatic rings. The molecule has 2 heterocycles. The number of carbonyl (C=O) groups excluding carboxylic acids is 2. The fourth-order valence-corrected chi connectivity index (χ4v) is 4.54. The first kappa shape index (κ1) is 23.0. The number of benzene rings is 2. The molecule has 2 saturated heterocycles. The summed E-state index contributed by atoms with van der Waals surface area (Å²) >= 11 is 0. The van der Waals surface area contributed by atoms with Gasteiger partial charge in [0.2, 0.25) is 11.8 Å². The van der Waals surface area contributed by atoms with Crippen molar-refractivity contribution in [3.63, 3.8) is 0 Å². The zero-order valence-corrected chi connectivity index (χ0v) is 19.3. The number of carbonyl (C=O) groups is 2. The van der Waals surface area contributed by atoms with Gasteiger partial charge >= 0.3 is 0 Å². The molecule has 33 heavy (non-hydrogen) atoms. The largest absolute Gasteiger partial charge is 0.497 e. The topological polar surface area (TPSA) is 62.3 Å². The monoisotopic (exact) mass is 451 g/mol. The minimum Gasteiger partial charge on any atom is -0.497 e. The molecule has 2 aromatic rings. The van der Waals surface area contributed by atoms with Gasteiger partial charge in [-0.15, -0.1) is 0 Å². The molecule has 0 atom stereocenters. The maximum absolute atomic E-state index is 13.1. The molecule has 2 aliphatic heterocycles. The third kappa shape index (κ3) is 5.97. The molecular weight excluding hydrogens is 418 g/mol. The average molecular weight is 452 g/mol. The Bertz CT molecular complexity index is 903. The van der Waals surface area contributed by atoms with Crippen molar-refractivity contribution < 1.29 is 19.1 Å². The van der Waals surface area contributed by atoms with Crippen LogP contribution in [-0.2, 0) is 9.59 Å². The highest BCUT2D eigenvalue weighted by atomic mass is 16.5.